The van der Waals surface area contributed by atoms with Crippen molar-refractivity contribution in [1.29, 1.82) is 0 Å². The molecule has 0 unspecified atom stereocenters. The molecule has 0 aliphatic carbocycles. The van der Waals surface area contributed by atoms with Crippen LogP contribution in [-0.2, 0) is 0 Å². The number of hydrogen-bond acceptors (Lipinski definition) is 2. The van der Waals surface area contributed by atoms with Gasteiger partial charge in [0.1, 0.15) is 0 Å². The summed E-state index contributed by atoms with van der Waals surface area (Å²) in [6, 6.07) is 17.5. The van der Waals surface area contributed by atoms with Crippen LogP contribution in [0.25, 0.3) is 21.5 Å². The molecule has 0 aromatic heterocycles. The van der Waals surface area contributed by atoms with Crippen LogP contribution in [0, 0.1) is 0 Å². The van der Waals surface area contributed by atoms with E-state index in [1.54, 1.807) is 0 Å². The molecule has 0 saturated carbocycles. The molecule has 1 aliphatic heterocycles. The fourth-order valence-corrected chi connectivity index (χ4v) is 3.42. The number of nitrogens with one attached hydrogen (secondary N) is 1. The van der Waals surface area contributed by atoms with Crippen LogP contribution in [0.15, 0.2) is 48.5 Å². The van der Waals surface area contributed by atoms with E-state index in [1.165, 1.54) is 45.8 Å². The highest BCUT2D eigenvalue weighted by Crippen LogP contribution is 2.44. The van der Waals surface area contributed by atoms with Gasteiger partial charge in [0, 0.05) is 17.3 Å². The van der Waals surface area contributed by atoms with Gasteiger partial charge in [0.25, 0.3) is 0 Å². The average Bonchev–Trinajstić information content (AvgIpc) is 2.97. The van der Waals surface area contributed by atoms with Crippen LogP contribution in [0.1, 0.15) is 19.8 Å². The van der Waals surface area contributed by atoms with E-state index in [0.29, 0.717) is 0 Å². The number of nitrogens with zero attached hydrogens (tertiary/aromatic N) is 1. The Balaban J connectivity index is 2.04. The SMILES string of the molecule is CCCCN1CNc2c1c1ccccc1c1ccccc21. The van der Waals surface area contributed by atoms with Crippen molar-refractivity contribution in [3.05, 3.63) is 48.5 Å². The zero-order chi connectivity index (χ0) is 14.2. The molecule has 0 atom stereocenters. The van der Waals surface area contributed by atoms with E-state index in [1.807, 2.05) is 0 Å². The Labute approximate surface area is 125 Å². The number of rotatable bonds is 3. The smallest absolute Gasteiger partial charge is 0.0878 e. The first-order valence-corrected chi connectivity index (χ1v) is 7.82. The number of hydrogen-bond donors (Lipinski definition) is 1. The van der Waals surface area contributed by atoms with Gasteiger partial charge in [-0.25, -0.2) is 0 Å². The monoisotopic (exact) mass is 276 g/mol. The second kappa shape index (κ2) is 4.96. The molecule has 106 valence electrons. The Morgan fingerprint density at radius 2 is 1.52 bits per heavy atom. The highest BCUT2D eigenvalue weighted by Gasteiger charge is 2.23. The topological polar surface area (TPSA) is 15.3 Å². The van der Waals surface area contributed by atoms with Gasteiger partial charge in [0.2, 0.25) is 0 Å². The highest BCUT2D eigenvalue weighted by atomic mass is 15.3. The maximum Gasteiger partial charge on any atom is 0.0878 e. The van der Waals surface area contributed by atoms with Gasteiger partial charge < -0.3 is 10.2 Å². The molecule has 3 aromatic carbocycles. The molecule has 3 aromatic rings. The molecule has 0 bridgehead atoms. The summed E-state index contributed by atoms with van der Waals surface area (Å²) in [6.07, 6.45) is 2.47. The van der Waals surface area contributed by atoms with E-state index >= 15 is 0 Å². The van der Waals surface area contributed by atoms with Crippen LogP contribution < -0.4 is 10.2 Å². The minimum atomic E-state index is 0.924. The Morgan fingerprint density at radius 1 is 0.905 bits per heavy atom. The summed E-state index contributed by atoms with van der Waals surface area (Å²) in [6.45, 7) is 4.30. The van der Waals surface area contributed by atoms with Gasteiger partial charge in [-0.1, -0.05) is 61.9 Å². The van der Waals surface area contributed by atoms with Crippen LogP contribution in [0.4, 0.5) is 11.4 Å². The molecular formula is C19H20N2. The molecule has 0 saturated heterocycles. The van der Waals surface area contributed by atoms with E-state index in [-0.39, 0.29) is 0 Å². The zero-order valence-electron chi connectivity index (χ0n) is 12.4. The third-order valence-corrected chi connectivity index (χ3v) is 4.45. The molecule has 1 aliphatic rings. The second-order valence-electron chi connectivity index (χ2n) is 5.77. The predicted molar refractivity (Wildman–Crippen MR) is 92.2 cm³/mol. The lowest BCUT2D eigenvalue weighted by molar-refractivity contribution is 0.750. The van der Waals surface area contributed by atoms with E-state index < -0.39 is 0 Å². The second-order valence-corrected chi connectivity index (χ2v) is 5.77. The van der Waals surface area contributed by atoms with Crippen molar-refractivity contribution in [2.45, 2.75) is 19.8 Å². The summed E-state index contributed by atoms with van der Waals surface area (Å²) in [7, 11) is 0. The Morgan fingerprint density at radius 3 is 2.24 bits per heavy atom. The van der Waals surface area contributed by atoms with Crippen molar-refractivity contribution < 1.29 is 0 Å². The lowest BCUT2D eigenvalue weighted by Gasteiger charge is -2.20. The van der Waals surface area contributed by atoms with Crippen LogP contribution in [0.5, 0.6) is 0 Å². The summed E-state index contributed by atoms with van der Waals surface area (Å²) in [5, 5.41) is 9.03. The maximum atomic E-state index is 3.62. The molecule has 21 heavy (non-hydrogen) atoms. The van der Waals surface area contributed by atoms with Gasteiger partial charge in [-0.3, -0.25) is 0 Å². The summed E-state index contributed by atoms with van der Waals surface area (Å²) in [5.41, 5.74) is 2.69. The minimum absolute atomic E-state index is 0.924. The lowest BCUT2D eigenvalue weighted by Crippen LogP contribution is -2.23. The summed E-state index contributed by atoms with van der Waals surface area (Å²) >= 11 is 0. The van der Waals surface area contributed by atoms with Crippen LogP contribution in [0.2, 0.25) is 0 Å². The first-order chi connectivity index (χ1) is 10.4. The molecule has 2 heteroatoms. The summed E-state index contributed by atoms with van der Waals surface area (Å²) in [4.78, 5) is 2.49. The maximum absolute atomic E-state index is 3.62. The summed E-state index contributed by atoms with van der Waals surface area (Å²) in [5.74, 6) is 0. The number of fused-ring (bicyclic) bond motifs is 6. The Bertz CT molecular complexity index is 807. The normalized spacial score (nSPS) is 13.7. The third-order valence-electron chi connectivity index (χ3n) is 4.45. The fraction of sp³-hybridized carbons (Fsp3) is 0.263. The molecule has 0 fully saturated rings. The van der Waals surface area contributed by atoms with E-state index in [0.717, 1.165) is 13.2 Å². The van der Waals surface area contributed by atoms with Crippen LogP contribution >= 0.6 is 0 Å². The van der Waals surface area contributed by atoms with Crippen LogP contribution in [-0.4, -0.2) is 13.2 Å². The molecule has 0 amide bonds. The Kier molecular flexibility index (Phi) is 2.95. The molecular weight excluding hydrogens is 256 g/mol. The minimum Gasteiger partial charge on any atom is -0.366 e. The van der Waals surface area contributed by atoms with E-state index in [2.05, 4.69) is 65.7 Å². The van der Waals surface area contributed by atoms with Gasteiger partial charge in [-0.15, -0.1) is 0 Å². The van der Waals surface area contributed by atoms with Gasteiger partial charge in [0.05, 0.1) is 18.0 Å². The number of benzene rings is 3. The summed E-state index contributed by atoms with van der Waals surface area (Å²) < 4.78 is 0. The molecule has 1 heterocycles. The number of anilines is 2. The standard InChI is InChI=1S/C19H20N2/c1-2-3-12-21-13-20-18-16-10-6-4-8-14(16)15-9-5-7-11-17(15)19(18)21/h4-11,20H,2-3,12-13H2,1H3. The van der Waals surface area contributed by atoms with Crippen molar-refractivity contribution in [2.24, 2.45) is 0 Å². The molecule has 2 nitrogen and oxygen atoms in total. The highest BCUT2D eigenvalue weighted by molar-refractivity contribution is 6.21. The van der Waals surface area contributed by atoms with Gasteiger partial charge in [-0.2, -0.15) is 0 Å². The molecule has 0 radical (unpaired) electrons. The fourth-order valence-electron chi connectivity index (χ4n) is 3.42. The van der Waals surface area contributed by atoms with Crippen LogP contribution in [0.3, 0.4) is 0 Å². The first-order valence-electron chi connectivity index (χ1n) is 7.82. The van der Waals surface area contributed by atoms with Crippen molar-refractivity contribution in [1.82, 2.24) is 0 Å². The van der Waals surface area contributed by atoms with E-state index in [9.17, 15) is 0 Å². The zero-order valence-corrected chi connectivity index (χ0v) is 12.4. The Hall–Kier alpha value is -2.22. The van der Waals surface area contributed by atoms with Crippen molar-refractivity contribution in [3.8, 4) is 0 Å². The third kappa shape index (κ3) is 1.86. The van der Waals surface area contributed by atoms with E-state index in [4.69, 9.17) is 0 Å². The van der Waals surface area contributed by atoms with Gasteiger partial charge in [-0.05, 0) is 17.2 Å². The van der Waals surface area contributed by atoms with Gasteiger partial charge >= 0.3 is 0 Å². The molecule has 0 spiro atoms. The quantitative estimate of drug-likeness (QED) is 0.678. The van der Waals surface area contributed by atoms with Crippen molar-refractivity contribution in [3.63, 3.8) is 0 Å². The van der Waals surface area contributed by atoms with Crippen molar-refractivity contribution in [2.75, 3.05) is 23.4 Å². The number of unbranched alkanes of at least 4 members (excludes halogenated alkanes) is 1. The molecule has 1 N–H and O–H groups in total. The van der Waals surface area contributed by atoms with Gasteiger partial charge in [0.15, 0.2) is 0 Å². The van der Waals surface area contributed by atoms with Crippen molar-refractivity contribution >= 4 is 32.9 Å². The molecule has 4 rings (SSSR count). The predicted octanol–water partition coefficient (Wildman–Crippen LogP) is 4.98. The first kappa shape index (κ1) is 12.5. The largest absolute Gasteiger partial charge is 0.366 e. The average molecular weight is 276 g/mol. The lowest BCUT2D eigenvalue weighted by atomic mass is 9.98.